The molecule has 2 aliphatic rings. The molecule has 1 atom stereocenters. The van der Waals surface area contributed by atoms with Crippen molar-refractivity contribution in [2.45, 2.75) is 31.7 Å². The summed E-state index contributed by atoms with van der Waals surface area (Å²) in [7, 11) is 0. The fourth-order valence-corrected chi connectivity index (χ4v) is 4.00. The smallest absolute Gasteiger partial charge is 0.245 e. The van der Waals surface area contributed by atoms with Crippen LogP contribution in [0.1, 0.15) is 25.7 Å². The van der Waals surface area contributed by atoms with Crippen molar-refractivity contribution in [1.82, 2.24) is 30.7 Å². The third-order valence-electron chi connectivity index (χ3n) is 6.02. The van der Waals surface area contributed by atoms with E-state index in [0.717, 1.165) is 43.2 Å². The molecule has 0 bridgehead atoms. The topological polar surface area (TPSA) is 103 Å². The summed E-state index contributed by atoms with van der Waals surface area (Å²) < 4.78 is 0. The molecule has 2 fully saturated rings. The number of rotatable bonds is 6. The van der Waals surface area contributed by atoms with Crippen LogP contribution < -0.4 is 10.2 Å². The predicted molar refractivity (Wildman–Crippen MR) is 110 cm³/mol. The highest BCUT2D eigenvalue weighted by Gasteiger charge is 2.26. The van der Waals surface area contributed by atoms with Crippen molar-refractivity contribution in [2.24, 2.45) is 5.92 Å². The van der Waals surface area contributed by atoms with Crippen molar-refractivity contribution >= 4 is 5.95 Å². The van der Waals surface area contributed by atoms with Crippen molar-refractivity contribution in [2.75, 3.05) is 24.5 Å². The van der Waals surface area contributed by atoms with Crippen LogP contribution in [-0.2, 0) is 0 Å². The van der Waals surface area contributed by atoms with Crippen LogP contribution in [0.2, 0.25) is 0 Å². The number of benzene rings is 1. The van der Waals surface area contributed by atoms with E-state index in [9.17, 15) is 5.11 Å². The second-order valence-electron chi connectivity index (χ2n) is 8.00. The Balaban J connectivity index is 1.24. The number of phenols is 1. The van der Waals surface area contributed by atoms with Gasteiger partial charge in [-0.1, -0.05) is 12.5 Å². The van der Waals surface area contributed by atoms with E-state index in [0.29, 0.717) is 23.1 Å². The van der Waals surface area contributed by atoms with Crippen LogP contribution in [0.15, 0.2) is 36.8 Å². The highest BCUT2D eigenvalue weighted by Crippen LogP contribution is 2.32. The minimum absolute atomic E-state index is 0.149. The van der Waals surface area contributed by atoms with Crippen LogP contribution in [-0.4, -0.2) is 56.2 Å². The lowest BCUT2D eigenvalue weighted by atomic mass is 9.92. The largest absolute Gasteiger partial charge is 0.507 e. The minimum Gasteiger partial charge on any atom is -0.507 e. The first-order valence-corrected chi connectivity index (χ1v) is 10.3. The Morgan fingerprint density at radius 3 is 2.76 bits per heavy atom. The van der Waals surface area contributed by atoms with Gasteiger partial charge in [-0.15, -0.1) is 10.2 Å². The first kappa shape index (κ1) is 18.1. The Bertz CT molecular complexity index is 954. The van der Waals surface area contributed by atoms with Crippen LogP contribution >= 0.6 is 0 Å². The molecule has 3 N–H and O–H groups in total. The normalized spacial score (nSPS) is 19.4. The van der Waals surface area contributed by atoms with E-state index in [1.165, 1.54) is 19.3 Å². The number of nitrogens with zero attached hydrogens (tertiary/aromatic N) is 5. The van der Waals surface area contributed by atoms with Gasteiger partial charge in [0.15, 0.2) is 0 Å². The predicted octanol–water partition coefficient (Wildman–Crippen LogP) is 2.60. The van der Waals surface area contributed by atoms with Gasteiger partial charge in [-0.05, 0) is 49.4 Å². The molecule has 0 radical (unpaired) electrons. The third-order valence-corrected chi connectivity index (χ3v) is 6.02. The van der Waals surface area contributed by atoms with Gasteiger partial charge in [-0.2, -0.15) is 5.10 Å². The van der Waals surface area contributed by atoms with Gasteiger partial charge in [-0.25, -0.2) is 4.98 Å². The molecule has 0 amide bonds. The number of H-pyrrole nitrogens is 1. The van der Waals surface area contributed by atoms with Crippen molar-refractivity contribution in [3.8, 4) is 28.1 Å². The van der Waals surface area contributed by atoms with Gasteiger partial charge in [0.2, 0.25) is 5.95 Å². The van der Waals surface area contributed by atoms with Crippen molar-refractivity contribution < 1.29 is 5.11 Å². The summed E-state index contributed by atoms with van der Waals surface area (Å²) in [6.45, 7) is 3.00. The monoisotopic (exact) mass is 391 g/mol. The fourth-order valence-electron chi connectivity index (χ4n) is 4.00. The van der Waals surface area contributed by atoms with Crippen LogP contribution in [0, 0.1) is 5.92 Å². The van der Waals surface area contributed by atoms with E-state index in [4.69, 9.17) is 0 Å². The van der Waals surface area contributed by atoms with Crippen LogP contribution in [0.5, 0.6) is 5.75 Å². The number of anilines is 1. The van der Waals surface area contributed by atoms with Crippen molar-refractivity contribution in [3.05, 3.63) is 36.8 Å². The lowest BCUT2D eigenvalue weighted by Crippen LogP contribution is -2.38. The molecule has 3 aromatic rings. The number of aromatic hydroxyl groups is 1. The second-order valence-corrected chi connectivity index (χ2v) is 8.00. The summed E-state index contributed by atoms with van der Waals surface area (Å²) >= 11 is 0. The molecule has 1 aliphatic heterocycles. The number of phenolic OH excluding ortho intramolecular Hbond substituents is 1. The number of hydrogen-bond acceptors (Lipinski definition) is 7. The maximum absolute atomic E-state index is 10.4. The van der Waals surface area contributed by atoms with E-state index < -0.39 is 0 Å². The Morgan fingerprint density at radius 2 is 2.07 bits per heavy atom. The minimum atomic E-state index is 0.149. The molecule has 1 saturated carbocycles. The first-order chi connectivity index (χ1) is 14.3. The molecular formula is C21H25N7O. The maximum Gasteiger partial charge on any atom is 0.245 e. The van der Waals surface area contributed by atoms with E-state index >= 15 is 0 Å². The summed E-state index contributed by atoms with van der Waals surface area (Å²) in [5.74, 6) is 1.45. The van der Waals surface area contributed by atoms with Gasteiger partial charge in [0.25, 0.3) is 0 Å². The fraction of sp³-hybridized carbons (Fsp3) is 0.429. The Labute approximate surface area is 169 Å². The molecule has 1 saturated heterocycles. The van der Waals surface area contributed by atoms with Gasteiger partial charge < -0.3 is 15.3 Å². The van der Waals surface area contributed by atoms with Crippen LogP contribution in [0.4, 0.5) is 5.95 Å². The summed E-state index contributed by atoms with van der Waals surface area (Å²) in [5.41, 5.74) is 2.98. The standard InChI is InChI=1S/C21H25N7O/c29-20-8-15(16-10-24-25-11-16)4-5-18(20)19-12-23-21(27-26-19)28-7-6-14(13-28)9-22-17-2-1-3-17/h4-5,8,10-12,14,17,22,29H,1-3,6-7,9,13H2,(H,24,25). The van der Waals surface area contributed by atoms with E-state index in [-0.39, 0.29) is 5.75 Å². The number of nitrogens with one attached hydrogen (secondary N) is 2. The van der Waals surface area contributed by atoms with Crippen LogP contribution in [0.3, 0.4) is 0 Å². The molecule has 0 spiro atoms. The quantitative estimate of drug-likeness (QED) is 0.593. The van der Waals surface area contributed by atoms with Crippen LogP contribution in [0.25, 0.3) is 22.4 Å². The first-order valence-electron chi connectivity index (χ1n) is 10.3. The molecule has 5 rings (SSSR count). The zero-order chi connectivity index (χ0) is 19.6. The SMILES string of the molecule is Oc1cc(-c2cn[nH]c2)ccc1-c1cnc(N2CCC(CNC3CCC3)C2)nn1. The lowest BCUT2D eigenvalue weighted by Gasteiger charge is -2.28. The van der Waals surface area contributed by atoms with Crippen molar-refractivity contribution in [1.29, 1.82) is 0 Å². The molecule has 2 aromatic heterocycles. The molecule has 150 valence electrons. The van der Waals surface area contributed by atoms with E-state index in [1.54, 1.807) is 24.7 Å². The summed E-state index contributed by atoms with van der Waals surface area (Å²) in [6.07, 6.45) is 10.4. The second kappa shape index (κ2) is 7.79. The number of aromatic nitrogens is 5. The molecule has 3 heterocycles. The summed E-state index contributed by atoms with van der Waals surface area (Å²) in [4.78, 5) is 6.71. The Hall–Kier alpha value is -3.00. The Kier molecular flexibility index (Phi) is 4.85. The highest BCUT2D eigenvalue weighted by molar-refractivity contribution is 5.73. The molecule has 1 aliphatic carbocycles. The summed E-state index contributed by atoms with van der Waals surface area (Å²) in [5, 5.41) is 29.5. The van der Waals surface area contributed by atoms with Gasteiger partial charge >= 0.3 is 0 Å². The zero-order valence-electron chi connectivity index (χ0n) is 16.3. The Morgan fingerprint density at radius 1 is 1.14 bits per heavy atom. The van der Waals surface area contributed by atoms with Gasteiger partial charge in [0, 0.05) is 36.5 Å². The maximum atomic E-state index is 10.4. The van der Waals surface area contributed by atoms with Gasteiger partial charge in [0.05, 0.1) is 12.4 Å². The third kappa shape index (κ3) is 3.80. The molecule has 1 aromatic carbocycles. The van der Waals surface area contributed by atoms with E-state index in [2.05, 4.69) is 35.6 Å². The lowest BCUT2D eigenvalue weighted by molar-refractivity contribution is 0.321. The molecule has 8 heteroatoms. The molecule has 8 nitrogen and oxygen atoms in total. The van der Waals surface area contributed by atoms with Crippen molar-refractivity contribution in [3.63, 3.8) is 0 Å². The summed E-state index contributed by atoms with van der Waals surface area (Å²) in [6, 6.07) is 6.20. The van der Waals surface area contributed by atoms with E-state index in [1.807, 2.05) is 12.1 Å². The molecule has 29 heavy (non-hydrogen) atoms. The average Bonchev–Trinajstić information content (AvgIpc) is 3.39. The average molecular weight is 391 g/mol. The molecule has 1 unspecified atom stereocenters. The number of hydrogen-bond donors (Lipinski definition) is 3. The molecular weight excluding hydrogens is 366 g/mol. The van der Waals surface area contributed by atoms with Gasteiger partial charge in [0.1, 0.15) is 11.4 Å². The highest BCUT2D eigenvalue weighted by atomic mass is 16.3. The zero-order valence-corrected chi connectivity index (χ0v) is 16.3. The number of aromatic amines is 1. The van der Waals surface area contributed by atoms with Gasteiger partial charge in [-0.3, -0.25) is 5.10 Å².